The molecular formula is C29H27Cl3N4O3. The topological polar surface area (TPSA) is 74.2 Å². The number of alkyl halides is 2. The summed E-state index contributed by atoms with van der Waals surface area (Å²) in [6.45, 7) is 2.64. The Hall–Kier alpha value is -3.26. The molecule has 1 unspecified atom stereocenters. The molecule has 202 valence electrons. The fourth-order valence-electron chi connectivity index (χ4n) is 4.86. The molecule has 5 rings (SSSR count). The minimum absolute atomic E-state index is 0.134. The number of carbonyl (C=O) groups is 2. The molecule has 39 heavy (non-hydrogen) atoms. The van der Waals surface area contributed by atoms with Crippen molar-refractivity contribution in [3.05, 3.63) is 94.5 Å². The van der Waals surface area contributed by atoms with Crippen molar-refractivity contribution in [1.29, 1.82) is 0 Å². The Morgan fingerprint density at radius 1 is 0.974 bits per heavy atom. The average molecular weight is 586 g/mol. The second-order valence-electron chi connectivity index (χ2n) is 9.42. The molecule has 0 radical (unpaired) electrons. The number of rotatable bonds is 7. The summed E-state index contributed by atoms with van der Waals surface area (Å²) in [7, 11) is 0. The molecule has 1 N–H and O–H groups in total. The van der Waals surface area contributed by atoms with E-state index in [1.54, 1.807) is 6.07 Å². The van der Waals surface area contributed by atoms with Gasteiger partial charge >= 0.3 is 0 Å². The molecule has 1 atom stereocenters. The van der Waals surface area contributed by atoms with Crippen molar-refractivity contribution in [2.45, 2.75) is 23.8 Å². The number of hydrogen-bond acceptors (Lipinski definition) is 5. The molecule has 0 aliphatic carbocycles. The zero-order valence-corrected chi connectivity index (χ0v) is 23.3. The molecule has 10 heteroatoms. The summed E-state index contributed by atoms with van der Waals surface area (Å²) in [5.74, 6) is -0.364. The molecule has 3 aromatic carbocycles. The predicted octanol–water partition coefficient (Wildman–Crippen LogP) is 5.84. The number of nitrogens with one attached hydrogen (secondary N) is 1. The fraction of sp³-hybridized carbons (Fsp3) is 0.276. The van der Waals surface area contributed by atoms with Crippen LogP contribution in [0.5, 0.6) is 0 Å². The van der Waals surface area contributed by atoms with Gasteiger partial charge in [0.15, 0.2) is 10.9 Å². The van der Waals surface area contributed by atoms with Crippen LogP contribution in [-0.4, -0.2) is 53.4 Å². The van der Waals surface area contributed by atoms with Gasteiger partial charge in [-0.05, 0) is 35.4 Å². The quantitative estimate of drug-likeness (QED) is 0.354. The number of piperazine rings is 1. The second-order valence-corrected chi connectivity index (χ2v) is 10.9. The lowest BCUT2D eigenvalue weighted by Gasteiger charge is -2.37. The van der Waals surface area contributed by atoms with Crippen LogP contribution < -0.4 is 10.2 Å². The van der Waals surface area contributed by atoms with Gasteiger partial charge in [0.25, 0.3) is 5.91 Å². The third kappa shape index (κ3) is 6.49. The molecule has 3 aromatic rings. The zero-order valence-electron chi connectivity index (χ0n) is 21.0. The van der Waals surface area contributed by atoms with E-state index in [1.165, 1.54) is 0 Å². The maximum atomic E-state index is 12.8. The van der Waals surface area contributed by atoms with Crippen LogP contribution in [0.25, 0.3) is 0 Å². The van der Waals surface area contributed by atoms with Crippen molar-refractivity contribution in [3.8, 4) is 0 Å². The van der Waals surface area contributed by atoms with Crippen LogP contribution in [-0.2, 0) is 20.8 Å². The lowest BCUT2D eigenvalue weighted by atomic mass is 9.98. The number of halogens is 3. The first kappa shape index (κ1) is 27.3. The Morgan fingerprint density at radius 2 is 1.72 bits per heavy atom. The Morgan fingerprint density at radius 3 is 2.46 bits per heavy atom. The summed E-state index contributed by atoms with van der Waals surface area (Å²) >= 11 is 18.0. The Bertz CT molecular complexity index is 1380. The summed E-state index contributed by atoms with van der Waals surface area (Å²) in [6.07, 6.45) is 0.579. The maximum Gasteiger partial charge on any atom is 0.257 e. The Balaban J connectivity index is 1.26. The maximum absolute atomic E-state index is 12.8. The number of nitrogens with zero attached hydrogens (tertiary/aromatic N) is 3. The van der Waals surface area contributed by atoms with E-state index in [1.807, 2.05) is 71.6 Å². The van der Waals surface area contributed by atoms with Crippen molar-refractivity contribution < 1.29 is 14.4 Å². The number of amides is 2. The Labute approximate surface area is 242 Å². The fourth-order valence-corrected chi connectivity index (χ4v) is 5.25. The summed E-state index contributed by atoms with van der Waals surface area (Å²) < 4.78 is 0. The largest absolute Gasteiger partial charge is 0.387 e. The minimum atomic E-state index is -1.16. The van der Waals surface area contributed by atoms with Crippen LogP contribution in [0.4, 0.5) is 11.4 Å². The first-order valence-electron chi connectivity index (χ1n) is 12.7. The molecule has 2 amide bonds. The molecule has 0 bridgehead atoms. The normalized spacial score (nSPS) is 17.1. The standard InChI is InChI=1S/C29H27Cl3N4O3/c30-22-10-5-11-24(35-12-14-36(15-13-35)26(37)16-19-6-2-1-3-7-19)27(22)23-18-25(39-34-23)20-8-4-9-21(17-20)33-29(38)28(31)32/h1-11,17,25,28H,12-16,18H2,(H,33,38). The van der Waals surface area contributed by atoms with E-state index >= 15 is 0 Å². The average Bonchev–Trinajstić information content (AvgIpc) is 3.43. The summed E-state index contributed by atoms with van der Waals surface area (Å²) in [5.41, 5.74) is 5.00. The van der Waals surface area contributed by atoms with Gasteiger partial charge in [0.05, 0.1) is 17.2 Å². The van der Waals surface area contributed by atoms with Gasteiger partial charge in [-0.3, -0.25) is 9.59 Å². The van der Waals surface area contributed by atoms with Crippen molar-refractivity contribution >= 4 is 63.7 Å². The molecular weight excluding hydrogens is 559 g/mol. The van der Waals surface area contributed by atoms with Gasteiger partial charge in [0.2, 0.25) is 5.91 Å². The SMILES string of the molecule is O=C(Nc1cccc(C2CC(c3c(Cl)cccc3N3CCN(C(=O)Cc4ccccc4)CC3)=NO2)c1)C(Cl)Cl. The highest BCUT2D eigenvalue weighted by atomic mass is 35.5. The first-order valence-corrected chi connectivity index (χ1v) is 13.9. The van der Waals surface area contributed by atoms with Crippen molar-refractivity contribution in [2.75, 3.05) is 36.4 Å². The highest BCUT2D eigenvalue weighted by molar-refractivity contribution is 6.54. The molecule has 0 spiro atoms. The predicted molar refractivity (Wildman–Crippen MR) is 156 cm³/mol. The molecule has 0 saturated carbocycles. The molecule has 0 aromatic heterocycles. The van der Waals surface area contributed by atoms with Gasteiger partial charge in [0.1, 0.15) is 0 Å². The Kier molecular flexibility index (Phi) is 8.60. The third-order valence-corrected chi connectivity index (χ3v) is 7.56. The summed E-state index contributed by atoms with van der Waals surface area (Å²) in [5, 5.41) is 7.68. The number of oxime groups is 1. The lowest BCUT2D eigenvalue weighted by Crippen LogP contribution is -2.49. The smallest absolute Gasteiger partial charge is 0.257 e. The first-order chi connectivity index (χ1) is 18.9. The molecule has 2 aliphatic rings. The van der Waals surface area contributed by atoms with Crippen molar-refractivity contribution in [3.63, 3.8) is 0 Å². The number of benzene rings is 3. The van der Waals surface area contributed by atoms with E-state index in [9.17, 15) is 9.59 Å². The van der Waals surface area contributed by atoms with Crippen LogP contribution in [0.2, 0.25) is 5.02 Å². The minimum Gasteiger partial charge on any atom is -0.387 e. The van der Waals surface area contributed by atoms with Crippen molar-refractivity contribution in [1.82, 2.24) is 4.90 Å². The van der Waals surface area contributed by atoms with E-state index < -0.39 is 10.7 Å². The van der Waals surface area contributed by atoms with Crippen LogP contribution >= 0.6 is 34.8 Å². The number of hydrogen-bond donors (Lipinski definition) is 1. The van der Waals surface area contributed by atoms with E-state index in [4.69, 9.17) is 39.6 Å². The van der Waals surface area contributed by atoms with Gasteiger partial charge in [0, 0.05) is 49.5 Å². The number of anilines is 2. The van der Waals surface area contributed by atoms with Gasteiger partial charge in [-0.25, -0.2) is 0 Å². The van der Waals surface area contributed by atoms with E-state index in [0.717, 1.165) is 28.1 Å². The monoisotopic (exact) mass is 584 g/mol. The third-order valence-electron chi connectivity index (χ3n) is 6.84. The molecule has 1 fully saturated rings. The lowest BCUT2D eigenvalue weighted by molar-refractivity contribution is -0.130. The van der Waals surface area contributed by atoms with Crippen LogP contribution in [0.15, 0.2) is 78.0 Å². The molecule has 1 saturated heterocycles. The van der Waals surface area contributed by atoms with Gasteiger partial charge in [-0.2, -0.15) is 0 Å². The van der Waals surface area contributed by atoms with Gasteiger partial charge in [-0.1, -0.05) is 88.5 Å². The van der Waals surface area contributed by atoms with Gasteiger partial charge in [-0.15, -0.1) is 0 Å². The summed E-state index contributed by atoms with van der Waals surface area (Å²) in [4.78, 5) is 33.5. The van der Waals surface area contributed by atoms with Crippen molar-refractivity contribution in [2.24, 2.45) is 5.16 Å². The second kappa shape index (κ2) is 12.3. The highest BCUT2D eigenvalue weighted by Gasteiger charge is 2.30. The van der Waals surface area contributed by atoms with Gasteiger partial charge < -0.3 is 20.0 Å². The number of carbonyl (C=O) groups excluding carboxylic acids is 2. The molecule has 2 aliphatic heterocycles. The van der Waals surface area contributed by atoms with Crippen LogP contribution in [0.1, 0.15) is 29.2 Å². The van der Waals surface area contributed by atoms with E-state index in [2.05, 4.69) is 15.4 Å². The van der Waals surface area contributed by atoms with E-state index in [-0.39, 0.29) is 12.0 Å². The molecule has 7 nitrogen and oxygen atoms in total. The van der Waals surface area contributed by atoms with Crippen LogP contribution in [0, 0.1) is 0 Å². The summed E-state index contributed by atoms with van der Waals surface area (Å²) in [6, 6.07) is 22.9. The van der Waals surface area contributed by atoms with Crippen LogP contribution in [0.3, 0.4) is 0 Å². The van der Waals surface area contributed by atoms with E-state index in [0.29, 0.717) is 49.7 Å². The zero-order chi connectivity index (χ0) is 27.4. The molecule has 2 heterocycles. The highest BCUT2D eigenvalue weighted by Crippen LogP contribution is 2.37.